The fourth-order valence-electron chi connectivity index (χ4n) is 3.04. The van der Waals surface area contributed by atoms with Crippen LogP contribution >= 0.6 is 0 Å². The summed E-state index contributed by atoms with van der Waals surface area (Å²) >= 11 is 0. The lowest BCUT2D eigenvalue weighted by Crippen LogP contribution is -2.54. The third-order valence-corrected chi connectivity index (χ3v) is 4.90. The fourth-order valence-corrected chi connectivity index (χ4v) is 3.04. The van der Waals surface area contributed by atoms with Crippen molar-refractivity contribution < 1.29 is 24.3 Å². The molecule has 0 saturated carbocycles. The Morgan fingerprint density at radius 2 is 1.44 bits per heavy atom. The zero-order valence-corrected chi connectivity index (χ0v) is 20.1. The van der Waals surface area contributed by atoms with E-state index in [1.165, 1.54) is 6.92 Å². The van der Waals surface area contributed by atoms with E-state index in [4.69, 9.17) is 5.73 Å². The Kier molecular flexibility index (Phi) is 12.0. The molecule has 1 rings (SSSR count). The Morgan fingerprint density at radius 3 is 2.00 bits per heavy atom. The summed E-state index contributed by atoms with van der Waals surface area (Å²) in [7, 11) is 0. The molecular weight excluding hydrogens is 442 g/mol. The van der Waals surface area contributed by atoms with Crippen LogP contribution in [0.15, 0.2) is 24.3 Å². The van der Waals surface area contributed by atoms with Crippen molar-refractivity contribution in [2.24, 2.45) is 11.7 Å². The maximum absolute atomic E-state index is 12.5. The van der Waals surface area contributed by atoms with E-state index in [1.807, 2.05) is 13.8 Å². The second-order valence-electron chi connectivity index (χ2n) is 8.47. The molecule has 1 aromatic carbocycles. The summed E-state index contributed by atoms with van der Waals surface area (Å²) in [4.78, 5) is 46.9. The number of carbonyl (C=O) groups excluding carboxylic acids is 4. The topological polar surface area (TPSA) is 187 Å². The summed E-state index contributed by atoms with van der Waals surface area (Å²) in [5.74, 6) is 0.0646. The number of hydrogen-bond donors (Lipinski definition) is 8. The predicted octanol–water partition coefficient (Wildman–Crippen LogP) is 0.119. The first-order chi connectivity index (χ1) is 16.0. The normalized spacial score (nSPS) is 13.2. The van der Waals surface area contributed by atoms with Gasteiger partial charge in [0, 0.05) is 38.6 Å². The monoisotopic (exact) mass is 479 g/mol. The molecule has 0 bridgehead atoms. The molecule has 1 unspecified atom stereocenters. The van der Waals surface area contributed by atoms with Gasteiger partial charge >= 0.3 is 18.1 Å². The highest BCUT2D eigenvalue weighted by atomic mass is 16.3. The first-order valence-electron chi connectivity index (χ1n) is 11.1. The quantitative estimate of drug-likeness (QED) is 0.211. The Hall–Kier alpha value is -3.70. The molecule has 1 aromatic rings. The Bertz CT molecular complexity index is 816. The molecule has 34 heavy (non-hydrogen) atoms. The zero-order valence-electron chi connectivity index (χ0n) is 20.1. The molecule has 0 radical (unpaired) electrons. The van der Waals surface area contributed by atoms with E-state index in [0.717, 1.165) is 5.56 Å². The van der Waals surface area contributed by atoms with Gasteiger partial charge in [0.05, 0.1) is 6.04 Å². The van der Waals surface area contributed by atoms with Crippen LogP contribution in [0.25, 0.3) is 0 Å². The third-order valence-electron chi connectivity index (χ3n) is 4.90. The highest BCUT2D eigenvalue weighted by Gasteiger charge is 2.18. The molecule has 3 atom stereocenters. The number of phenols is 1. The summed E-state index contributed by atoms with van der Waals surface area (Å²) < 4.78 is 0. The van der Waals surface area contributed by atoms with Gasteiger partial charge in [-0.05, 0) is 37.0 Å². The third kappa shape index (κ3) is 12.4. The van der Waals surface area contributed by atoms with Crippen LogP contribution in [-0.2, 0) is 11.2 Å². The standard InChI is InChI=1S/C22H37N7O5/c1-13(2)19(28-15(4)30)12-26-22(34)29-17(9-16-5-7-18(31)8-6-16)11-25-21(33)27-14(3)10-24-20(23)32/h5-8,13-14,17,19,31H,9-12H2,1-4H3,(H,28,30)(H3,23,24,32)(H2,25,27,33)(H2,26,29,34)/t14-,17-,19?/m0/s1. The van der Waals surface area contributed by atoms with Crippen molar-refractivity contribution in [2.45, 2.75) is 52.2 Å². The fraction of sp³-hybridized carbons (Fsp3) is 0.545. The van der Waals surface area contributed by atoms with Gasteiger partial charge < -0.3 is 42.7 Å². The summed E-state index contributed by atoms with van der Waals surface area (Å²) in [6.07, 6.45) is 0.395. The van der Waals surface area contributed by atoms with Gasteiger partial charge in [0.25, 0.3) is 0 Å². The number of primary amides is 1. The number of aromatic hydroxyl groups is 1. The molecule has 7 amide bonds. The molecule has 0 saturated heterocycles. The minimum Gasteiger partial charge on any atom is -0.508 e. The van der Waals surface area contributed by atoms with E-state index < -0.39 is 24.1 Å². The van der Waals surface area contributed by atoms with Gasteiger partial charge in [-0.25, -0.2) is 14.4 Å². The second kappa shape index (κ2) is 14.4. The van der Waals surface area contributed by atoms with Crippen molar-refractivity contribution in [3.63, 3.8) is 0 Å². The van der Waals surface area contributed by atoms with Gasteiger partial charge in [-0.3, -0.25) is 4.79 Å². The number of nitrogens with two attached hydrogens (primary N) is 1. The van der Waals surface area contributed by atoms with E-state index in [2.05, 4.69) is 31.9 Å². The average molecular weight is 480 g/mol. The van der Waals surface area contributed by atoms with E-state index in [1.54, 1.807) is 31.2 Å². The van der Waals surface area contributed by atoms with E-state index >= 15 is 0 Å². The largest absolute Gasteiger partial charge is 0.508 e. The highest BCUT2D eigenvalue weighted by molar-refractivity contribution is 5.76. The van der Waals surface area contributed by atoms with Crippen LogP contribution in [0, 0.1) is 5.92 Å². The number of rotatable bonds is 12. The minimum atomic E-state index is -0.684. The van der Waals surface area contributed by atoms with E-state index in [9.17, 15) is 24.3 Å². The summed E-state index contributed by atoms with van der Waals surface area (Å²) in [5.41, 5.74) is 5.87. The number of nitrogens with one attached hydrogen (secondary N) is 6. The summed E-state index contributed by atoms with van der Waals surface area (Å²) in [6, 6.07) is 3.89. The molecule has 0 heterocycles. The number of carbonyl (C=O) groups is 4. The van der Waals surface area contributed by atoms with Crippen molar-refractivity contribution in [3.8, 4) is 5.75 Å². The van der Waals surface area contributed by atoms with Crippen LogP contribution in [0.5, 0.6) is 5.75 Å². The van der Waals surface area contributed by atoms with Crippen LogP contribution < -0.4 is 37.6 Å². The molecular formula is C22H37N7O5. The van der Waals surface area contributed by atoms with Gasteiger partial charge in [-0.1, -0.05) is 26.0 Å². The molecule has 0 aliphatic rings. The highest BCUT2D eigenvalue weighted by Crippen LogP contribution is 2.11. The molecule has 0 aliphatic heterocycles. The van der Waals surface area contributed by atoms with Crippen LogP contribution in [-0.4, -0.2) is 66.9 Å². The molecule has 12 nitrogen and oxygen atoms in total. The summed E-state index contributed by atoms with van der Waals surface area (Å²) in [6.45, 7) is 7.54. The first kappa shape index (κ1) is 28.3. The number of urea groups is 3. The SMILES string of the molecule is CC(=O)NC(CNC(=O)N[C@H](CNC(=O)N[C@@H](C)CNC(N)=O)Cc1ccc(O)cc1)C(C)C. The number of amides is 7. The van der Waals surface area contributed by atoms with Gasteiger partial charge in [-0.15, -0.1) is 0 Å². The van der Waals surface area contributed by atoms with Crippen LogP contribution in [0.4, 0.5) is 14.4 Å². The lowest BCUT2D eigenvalue weighted by molar-refractivity contribution is -0.119. The first-order valence-corrected chi connectivity index (χ1v) is 11.1. The van der Waals surface area contributed by atoms with Crippen LogP contribution in [0.2, 0.25) is 0 Å². The van der Waals surface area contributed by atoms with Crippen molar-refractivity contribution in [1.29, 1.82) is 0 Å². The van der Waals surface area contributed by atoms with Crippen molar-refractivity contribution in [2.75, 3.05) is 19.6 Å². The van der Waals surface area contributed by atoms with Crippen molar-refractivity contribution in [1.82, 2.24) is 31.9 Å². The van der Waals surface area contributed by atoms with Crippen LogP contribution in [0.3, 0.4) is 0 Å². The second-order valence-corrected chi connectivity index (χ2v) is 8.47. The van der Waals surface area contributed by atoms with Gasteiger partial charge in [-0.2, -0.15) is 0 Å². The Morgan fingerprint density at radius 1 is 0.853 bits per heavy atom. The number of hydrogen-bond acceptors (Lipinski definition) is 5. The Balaban J connectivity index is 2.69. The molecule has 0 aromatic heterocycles. The molecule has 12 heteroatoms. The van der Waals surface area contributed by atoms with Gasteiger partial charge in [0.2, 0.25) is 5.91 Å². The van der Waals surface area contributed by atoms with E-state index in [-0.39, 0.29) is 49.3 Å². The van der Waals surface area contributed by atoms with Crippen molar-refractivity contribution >= 4 is 24.0 Å². The molecule has 0 fully saturated rings. The van der Waals surface area contributed by atoms with Gasteiger partial charge in [0.15, 0.2) is 0 Å². The van der Waals surface area contributed by atoms with Crippen LogP contribution in [0.1, 0.15) is 33.3 Å². The molecule has 9 N–H and O–H groups in total. The minimum absolute atomic E-state index is 0.119. The number of benzene rings is 1. The predicted molar refractivity (Wildman–Crippen MR) is 128 cm³/mol. The maximum Gasteiger partial charge on any atom is 0.315 e. The molecule has 190 valence electrons. The maximum atomic E-state index is 12.5. The zero-order chi connectivity index (χ0) is 25.7. The van der Waals surface area contributed by atoms with E-state index in [0.29, 0.717) is 6.42 Å². The average Bonchev–Trinajstić information content (AvgIpc) is 2.74. The Labute approximate surface area is 199 Å². The van der Waals surface area contributed by atoms with Crippen molar-refractivity contribution in [3.05, 3.63) is 29.8 Å². The summed E-state index contributed by atoms with van der Waals surface area (Å²) in [5, 5.41) is 25.7. The lowest BCUT2D eigenvalue weighted by Gasteiger charge is -2.24. The number of phenolic OH excluding ortho intramolecular Hbond substituents is 1. The smallest absolute Gasteiger partial charge is 0.315 e. The van der Waals surface area contributed by atoms with Gasteiger partial charge in [0.1, 0.15) is 5.75 Å². The molecule has 0 aliphatic carbocycles. The molecule has 0 spiro atoms. The lowest BCUT2D eigenvalue weighted by atomic mass is 10.0.